The summed E-state index contributed by atoms with van der Waals surface area (Å²) >= 11 is 0. The third-order valence-electron chi connectivity index (χ3n) is 4.18. The van der Waals surface area contributed by atoms with Gasteiger partial charge < -0.3 is 14.2 Å². The van der Waals surface area contributed by atoms with Crippen LogP contribution >= 0.6 is 0 Å². The number of hydrogen-bond donors (Lipinski definition) is 2. The van der Waals surface area contributed by atoms with Crippen molar-refractivity contribution in [3.63, 3.8) is 0 Å². The van der Waals surface area contributed by atoms with Gasteiger partial charge in [-0.3, -0.25) is 10.0 Å². The average molecular weight is 465 g/mol. The molecular formula is C22H28N2O7S. The van der Waals surface area contributed by atoms with Crippen LogP contribution in [0.4, 0.5) is 16.2 Å². The monoisotopic (exact) mass is 464 g/mol. The third-order valence-corrected chi connectivity index (χ3v) is 5.56. The highest BCUT2D eigenvalue weighted by molar-refractivity contribution is 7.92. The van der Waals surface area contributed by atoms with Crippen molar-refractivity contribution in [3.8, 4) is 5.75 Å². The number of unbranched alkanes of at least 4 members (excludes halogenated alkanes) is 1. The van der Waals surface area contributed by atoms with Crippen LogP contribution in [0.3, 0.4) is 0 Å². The van der Waals surface area contributed by atoms with Gasteiger partial charge >= 0.3 is 12.1 Å². The van der Waals surface area contributed by atoms with Crippen LogP contribution in [0.5, 0.6) is 5.75 Å². The Hall–Kier alpha value is -3.27. The molecule has 0 fully saturated rings. The second-order valence-corrected chi connectivity index (χ2v) is 8.29. The predicted molar refractivity (Wildman–Crippen MR) is 121 cm³/mol. The molecule has 2 aromatic rings. The van der Waals surface area contributed by atoms with Crippen molar-refractivity contribution in [2.24, 2.45) is 0 Å². The van der Waals surface area contributed by atoms with E-state index < -0.39 is 22.1 Å². The number of esters is 1. The van der Waals surface area contributed by atoms with Crippen LogP contribution in [0.25, 0.3) is 0 Å². The van der Waals surface area contributed by atoms with Crippen molar-refractivity contribution >= 4 is 33.5 Å². The molecule has 0 atom stereocenters. The van der Waals surface area contributed by atoms with Crippen molar-refractivity contribution < 1.29 is 32.2 Å². The molecule has 0 spiro atoms. The molecule has 9 nitrogen and oxygen atoms in total. The Morgan fingerprint density at radius 3 is 2.28 bits per heavy atom. The molecule has 174 valence electrons. The van der Waals surface area contributed by atoms with Gasteiger partial charge in [0.25, 0.3) is 10.0 Å². The minimum absolute atomic E-state index is 0.0872. The molecule has 32 heavy (non-hydrogen) atoms. The number of benzene rings is 2. The first-order valence-corrected chi connectivity index (χ1v) is 11.8. The van der Waals surface area contributed by atoms with Crippen LogP contribution in [-0.2, 0) is 19.5 Å². The largest absolute Gasteiger partial charge is 0.492 e. The van der Waals surface area contributed by atoms with E-state index in [-0.39, 0.29) is 22.9 Å². The van der Waals surface area contributed by atoms with Gasteiger partial charge in [-0.1, -0.05) is 13.3 Å². The van der Waals surface area contributed by atoms with Crippen molar-refractivity contribution in [2.75, 3.05) is 29.9 Å². The van der Waals surface area contributed by atoms with E-state index in [4.69, 9.17) is 14.2 Å². The molecular weight excluding hydrogens is 436 g/mol. The molecule has 0 bridgehead atoms. The summed E-state index contributed by atoms with van der Waals surface area (Å²) in [6.45, 7) is 6.25. The Labute approximate surface area is 188 Å². The van der Waals surface area contributed by atoms with Crippen LogP contribution < -0.4 is 14.8 Å². The summed E-state index contributed by atoms with van der Waals surface area (Å²) < 4.78 is 43.6. The lowest BCUT2D eigenvalue weighted by Crippen LogP contribution is -2.16. The van der Waals surface area contributed by atoms with E-state index in [0.717, 1.165) is 12.8 Å². The first-order chi connectivity index (χ1) is 15.3. The van der Waals surface area contributed by atoms with E-state index in [0.29, 0.717) is 24.5 Å². The number of rotatable bonds is 11. The molecule has 0 unspecified atom stereocenters. The van der Waals surface area contributed by atoms with E-state index >= 15 is 0 Å². The average Bonchev–Trinajstić information content (AvgIpc) is 2.75. The topological polar surface area (TPSA) is 120 Å². The maximum absolute atomic E-state index is 12.8. The van der Waals surface area contributed by atoms with Gasteiger partial charge in [-0.05, 0) is 62.7 Å². The van der Waals surface area contributed by atoms with Crippen LogP contribution in [0.1, 0.15) is 44.0 Å². The lowest BCUT2D eigenvalue weighted by atomic mass is 10.2. The van der Waals surface area contributed by atoms with Crippen molar-refractivity contribution in [1.82, 2.24) is 0 Å². The van der Waals surface area contributed by atoms with Gasteiger partial charge in [-0.25, -0.2) is 18.0 Å². The number of anilines is 2. The Morgan fingerprint density at radius 2 is 1.66 bits per heavy atom. The first-order valence-electron chi connectivity index (χ1n) is 10.3. The standard InChI is InChI=1S/C22H28N2O7S/c1-4-7-14-31-21(25)16-8-10-17(11-9-16)24-32(27,28)18-12-13-20(29-5-2)19(15-18)23-22(26)30-6-3/h8-13,15,24H,4-7,14H2,1-3H3,(H,23,26). The maximum Gasteiger partial charge on any atom is 0.411 e. The van der Waals surface area contributed by atoms with Crippen LogP contribution in [0.15, 0.2) is 47.4 Å². The van der Waals surface area contributed by atoms with Crippen molar-refractivity contribution in [3.05, 3.63) is 48.0 Å². The number of carbonyl (C=O) groups excluding carboxylic acids is 2. The number of sulfonamides is 1. The number of amides is 1. The lowest BCUT2D eigenvalue weighted by Gasteiger charge is -2.14. The molecule has 0 aliphatic carbocycles. The lowest BCUT2D eigenvalue weighted by molar-refractivity contribution is 0.0499. The highest BCUT2D eigenvalue weighted by Crippen LogP contribution is 2.29. The third kappa shape index (κ3) is 7.16. The fourth-order valence-corrected chi connectivity index (χ4v) is 3.70. The quantitative estimate of drug-likeness (QED) is 0.373. The summed E-state index contributed by atoms with van der Waals surface area (Å²) in [4.78, 5) is 23.7. The van der Waals surface area contributed by atoms with E-state index in [2.05, 4.69) is 10.0 Å². The van der Waals surface area contributed by atoms with Crippen LogP contribution in [0.2, 0.25) is 0 Å². The molecule has 0 heterocycles. The molecule has 0 aromatic heterocycles. The number of carbonyl (C=O) groups is 2. The van der Waals surface area contributed by atoms with Gasteiger partial charge in [-0.15, -0.1) is 0 Å². The second kappa shape index (κ2) is 11.9. The Bertz CT molecular complexity index is 1020. The minimum Gasteiger partial charge on any atom is -0.492 e. The van der Waals surface area contributed by atoms with E-state index in [1.165, 1.54) is 42.5 Å². The van der Waals surface area contributed by atoms with Gasteiger partial charge in [0.2, 0.25) is 0 Å². The summed E-state index contributed by atoms with van der Waals surface area (Å²) in [5, 5.41) is 2.48. The Balaban J connectivity index is 2.18. The van der Waals surface area contributed by atoms with Crippen LogP contribution in [-0.4, -0.2) is 40.3 Å². The van der Waals surface area contributed by atoms with Gasteiger partial charge in [0.1, 0.15) is 5.75 Å². The summed E-state index contributed by atoms with van der Waals surface area (Å²) in [5.41, 5.74) is 0.758. The highest BCUT2D eigenvalue weighted by atomic mass is 32.2. The number of nitrogens with one attached hydrogen (secondary N) is 2. The Morgan fingerprint density at radius 1 is 0.938 bits per heavy atom. The number of hydrogen-bond acceptors (Lipinski definition) is 7. The predicted octanol–water partition coefficient (Wildman–Crippen LogP) is 4.41. The van der Waals surface area contributed by atoms with E-state index in [1.54, 1.807) is 13.8 Å². The maximum atomic E-state index is 12.8. The molecule has 10 heteroatoms. The summed E-state index contributed by atoms with van der Waals surface area (Å²) in [6.07, 6.45) is 0.965. The van der Waals surface area contributed by atoms with Crippen molar-refractivity contribution in [2.45, 2.75) is 38.5 Å². The molecule has 0 aliphatic heterocycles. The zero-order chi connectivity index (χ0) is 23.6. The summed E-state index contributed by atoms with van der Waals surface area (Å²) in [5.74, 6) is -0.153. The summed E-state index contributed by atoms with van der Waals surface area (Å²) in [7, 11) is -3.98. The van der Waals surface area contributed by atoms with E-state index in [1.807, 2.05) is 6.92 Å². The minimum atomic E-state index is -3.98. The second-order valence-electron chi connectivity index (χ2n) is 6.61. The summed E-state index contributed by atoms with van der Waals surface area (Å²) in [6, 6.07) is 10.0. The van der Waals surface area contributed by atoms with Crippen LogP contribution in [0, 0.1) is 0 Å². The molecule has 2 aromatic carbocycles. The zero-order valence-electron chi connectivity index (χ0n) is 18.3. The molecule has 0 radical (unpaired) electrons. The molecule has 1 amide bonds. The molecule has 0 saturated heterocycles. The van der Waals surface area contributed by atoms with E-state index in [9.17, 15) is 18.0 Å². The van der Waals surface area contributed by atoms with Crippen molar-refractivity contribution in [1.29, 1.82) is 0 Å². The zero-order valence-corrected chi connectivity index (χ0v) is 19.2. The van der Waals surface area contributed by atoms with Gasteiger partial charge in [0.15, 0.2) is 0 Å². The molecule has 2 rings (SSSR count). The smallest absolute Gasteiger partial charge is 0.411 e. The first kappa shape index (κ1) is 25.0. The number of ether oxygens (including phenoxy) is 3. The fourth-order valence-electron chi connectivity index (χ4n) is 2.61. The fraction of sp³-hybridized carbons (Fsp3) is 0.364. The molecule has 0 aliphatic rings. The highest BCUT2D eigenvalue weighted by Gasteiger charge is 2.19. The van der Waals surface area contributed by atoms with Gasteiger partial charge in [0.05, 0.1) is 36.0 Å². The molecule has 2 N–H and O–H groups in total. The Kier molecular flexibility index (Phi) is 9.33. The SMILES string of the molecule is CCCCOC(=O)c1ccc(NS(=O)(=O)c2ccc(OCC)c(NC(=O)OCC)c2)cc1. The molecule has 0 saturated carbocycles. The van der Waals surface area contributed by atoms with Gasteiger partial charge in [-0.2, -0.15) is 0 Å². The van der Waals surface area contributed by atoms with Gasteiger partial charge in [0, 0.05) is 5.69 Å². The normalized spacial score (nSPS) is 10.8.